The molecular formula is C17H29ClN2O. The molecule has 1 aliphatic heterocycles. The monoisotopic (exact) mass is 312 g/mol. The van der Waals surface area contributed by atoms with Crippen molar-refractivity contribution >= 4 is 12.4 Å². The van der Waals surface area contributed by atoms with E-state index in [2.05, 4.69) is 31.7 Å². The van der Waals surface area contributed by atoms with E-state index in [0.717, 1.165) is 44.6 Å². The van der Waals surface area contributed by atoms with Crippen LogP contribution in [0.4, 0.5) is 0 Å². The Hall–Kier alpha value is -0.300. The highest BCUT2D eigenvalue weighted by molar-refractivity contribution is 5.85. The number of hydrogen-bond acceptors (Lipinski definition) is 3. The Morgan fingerprint density at radius 3 is 2.38 bits per heavy atom. The fourth-order valence-electron chi connectivity index (χ4n) is 4.93. The Kier molecular flexibility index (Phi) is 4.93. The quantitative estimate of drug-likeness (QED) is 0.743. The van der Waals surface area contributed by atoms with Gasteiger partial charge in [-0.05, 0) is 42.9 Å². The minimum atomic E-state index is 0. The minimum Gasteiger partial charge on any atom is -0.379 e. The summed E-state index contributed by atoms with van der Waals surface area (Å²) in [6, 6.07) is 2.61. The molecule has 3 fully saturated rings. The van der Waals surface area contributed by atoms with Crippen LogP contribution in [0.3, 0.4) is 0 Å². The summed E-state index contributed by atoms with van der Waals surface area (Å²) in [4.78, 5) is 2.61. The van der Waals surface area contributed by atoms with Gasteiger partial charge in [0.1, 0.15) is 0 Å². The summed E-state index contributed by atoms with van der Waals surface area (Å²) in [5.74, 6) is 1.82. The average Bonchev–Trinajstić information content (AvgIpc) is 2.40. The molecule has 0 amide bonds. The van der Waals surface area contributed by atoms with Crippen molar-refractivity contribution in [3.05, 3.63) is 0 Å². The van der Waals surface area contributed by atoms with Crippen LogP contribution < -0.4 is 0 Å². The molecule has 21 heavy (non-hydrogen) atoms. The van der Waals surface area contributed by atoms with Gasteiger partial charge in [-0.25, -0.2) is 0 Å². The smallest absolute Gasteiger partial charge is 0.0675 e. The highest BCUT2D eigenvalue weighted by Crippen LogP contribution is 2.59. The van der Waals surface area contributed by atoms with E-state index in [0.29, 0.717) is 5.41 Å². The van der Waals surface area contributed by atoms with Crippen molar-refractivity contribution in [1.29, 1.82) is 5.26 Å². The molecule has 2 aliphatic carbocycles. The maximum Gasteiger partial charge on any atom is 0.0675 e. The van der Waals surface area contributed by atoms with Crippen LogP contribution >= 0.6 is 12.4 Å². The van der Waals surface area contributed by atoms with Gasteiger partial charge in [0, 0.05) is 18.6 Å². The van der Waals surface area contributed by atoms with E-state index in [1.165, 1.54) is 19.3 Å². The van der Waals surface area contributed by atoms with Crippen LogP contribution in [0.15, 0.2) is 0 Å². The van der Waals surface area contributed by atoms with Crippen LogP contribution in [0.1, 0.15) is 46.5 Å². The van der Waals surface area contributed by atoms with Gasteiger partial charge < -0.3 is 4.74 Å². The summed E-state index contributed by atoms with van der Waals surface area (Å²) in [7, 11) is 0. The summed E-state index contributed by atoms with van der Waals surface area (Å²) in [6.07, 6.45) is 4.95. The van der Waals surface area contributed by atoms with E-state index >= 15 is 0 Å². The number of nitrogens with zero attached hydrogens (tertiary/aromatic N) is 2. The first kappa shape index (κ1) is 17.1. The number of fused-ring (bicyclic) bond motifs is 1. The third-order valence-electron chi connectivity index (χ3n) is 6.27. The second kappa shape index (κ2) is 6.07. The van der Waals surface area contributed by atoms with Gasteiger partial charge in [0.2, 0.25) is 0 Å². The lowest BCUT2D eigenvalue weighted by Gasteiger charge is -2.64. The Morgan fingerprint density at radius 1 is 1.19 bits per heavy atom. The molecule has 3 rings (SSSR count). The van der Waals surface area contributed by atoms with Crippen LogP contribution in [-0.4, -0.2) is 36.7 Å². The molecule has 1 saturated heterocycles. The van der Waals surface area contributed by atoms with Gasteiger partial charge in [-0.1, -0.05) is 20.8 Å². The second-order valence-electron chi connectivity index (χ2n) is 8.04. The van der Waals surface area contributed by atoms with Crippen molar-refractivity contribution in [3.8, 4) is 6.07 Å². The Morgan fingerprint density at radius 2 is 1.86 bits per heavy atom. The summed E-state index contributed by atoms with van der Waals surface area (Å²) in [6.45, 7) is 10.9. The first-order valence-corrected chi connectivity index (χ1v) is 8.21. The number of rotatable bonds is 1. The maximum atomic E-state index is 9.54. The fraction of sp³-hybridized carbons (Fsp3) is 0.941. The SMILES string of the molecule is CC(C)(C)C1CCC2(N3CCOCC3)C(C#N)CC2C1.Cl. The van der Waals surface area contributed by atoms with Crippen molar-refractivity contribution < 1.29 is 4.74 Å². The molecule has 120 valence electrons. The van der Waals surface area contributed by atoms with Gasteiger partial charge in [0.05, 0.1) is 25.2 Å². The standard InChI is InChI=1S/C17H28N2O.ClH/c1-16(2,3)13-4-5-17(19-6-8-20-9-7-19)14(10-13)11-15(17)12-18;/h13-15H,4-11H2,1-3H3;1H. The minimum absolute atomic E-state index is 0. The summed E-state index contributed by atoms with van der Waals surface area (Å²) in [5, 5.41) is 9.54. The summed E-state index contributed by atoms with van der Waals surface area (Å²) >= 11 is 0. The van der Waals surface area contributed by atoms with Crippen molar-refractivity contribution in [1.82, 2.24) is 4.90 Å². The molecule has 0 spiro atoms. The van der Waals surface area contributed by atoms with Gasteiger partial charge in [-0.15, -0.1) is 12.4 Å². The van der Waals surface area contributed by atoms with Crippen molar-refractivity contribution in [2.24, 2.45) is 23.2 Å². The molecule has 4 heteroatoms. The molecular weight excluding hydrogens is 284 g/mol. The van der Waals surface area contributed by atoms with Crippen LogP contribution in [0.5, 0.6) is 0 Å². The highest BCUT2D eigenvalue weighted by atomic mass is 35.5. The molecule has 0 aromatic rings. The zero-order valence-corrected chi connectivity index (χ0v) is 14.4. The van der Waals surface area contributed by atoms with Gasteiger partial charge in [0.15, 0.2) is 0 Å². The van der Waals surface area contributed by atoms with E-state index in [1.807, 2.05) is 0 Å². The van der Waals surface area contributed by atoms with Crippen LogP contribution in [-0.2, 0) is 4.74 Å². The molecule has 2 saturated carbocycles. The number of halogens is 1. The second-order valence-corrected chi connectivity index (χ2v) is 8.04. The van der Waals surface area contributed by atoms with Crippen LogP contribution in [0.25, 0.3) is 0 Å². The lowest BCUT2D eigenvalue weighted by Crippen LogP contribution is -2.69. The molecule has 0 radical (unpaired) electrons. The van der Waals surface area contributed by atoms with Gasteiger partial charge >= 0.3 is 0 Å². The molecule has 0 aromatic carbocycles. The third kappa shape index (κ3) is 2.71. The lowest BCUT2D eigenvalue weighted by molar-refractivity contribution is -0.152. The van der Waals surface area contributed by atoms with E-state index in [-0.39, 0.29) is 23.9 Å². The summed E-state index contributed by atoms with van der Waals surface area (Å²) in [5.41, 5.74) is 0.606. The van der Waals surface area contributed by atoms with Gasteiger partial charge in [-0.2, -0.15) is 5.26 Å². The van der Waals surface area contributed by atoms with E-state index in [4.69, 9.17) is 4.74 Å². The van der Waals surface area contributed by atoms with Crippen molar-refractivity contribution in [2.45, 2.75) is 52.0 Å². The van der Waals surface area contributed by atoms with E-state index in [9.17, 15) is 5.26 Å². The highest BCUT2D eigenvalue weighted by Gasteiger charge is 2.61. The predicted molar refractivity (Wildman–Crippen MR) is 86.4 cm³/mol. The first-order chi connectivity index (χ1) is 9.48. The first-order valence-electron chi connectivity index (χ1n) is 8.21. The Bertz CT molecular complexity index is 408. The van der Waals surface area contributed by atoms with E-state index < -0.39 is 0 Å². The zero-order valence-electron chi connectivity index (χ0n) is 13.6. The number of nitriles is 1. The summed E-state index contributed by atoms with van der Waals surface area (Å²) < 4.78 is 5.51. The van der Waals surface area contributed by atoms with Gasteiger partial charge in [0.25, 0.3) is 0 Å². The largest absolute Gasteiger partial charge is 0.379 e. The third-order valence-corrected chi connectivity index (χ3v) is 6.27. The fourth-order valence-corrected chi connectivity index (χ4v) is 4.93. The predicted octanol–water partition coefficient (Wildman–Crippen LogP) is 3.49. The van der Waals surface area contributed by atoms with Crippen LogP contribution in [0.2, 0.25) is 0 Å². The van der Waals surface area contributed by atoms with Crippen LogP contribution in [0, 0.1) is 34.5 Å². The number of ether oxygens (including phenoxy) is 1. The van der Waals surface area contributed by atoms with Gasteiger partial charge in [-0.3, -0.25) is 4.90 Å². The van der Waals surface area contributed by atoms with Crippen molar-refractivity contribution in [3.63, 3.8) is 0 Å². The average molecular weight is 313 g/mol. The lowest BCUT2D eigenvalue weighted by atomic mass is 9.48. The molecule has 3 aliphatic rings. The van der Waals surface area contributed by atoms with Crippen molar-refractivity contribution in [2.75, 3.05) is 26.3 Å². The number of morpholine rings is 1. The molecule has 0 aromatic heterocycles. The maximum absolute atomic E-state index is 9.54. The Balaban J connectivity index is 0.00000161. The normalized spacial score (nSPS) is 40.4. The Labute approximate surface area is 135 Å². The molecule has 4 unspecified atom stereocenters. The topological polar surface area (TPSA) is 36.3 Å². The molecule has 0 N–H and O–H groups in total. The molecule has 3 nitrogen and oxygen atoms in total. The molecule has 1 heterocycles. The molecule has 0 bridgehead atoms. The zero-order chi connectivity index (χ0) is 14.4. The van der Waals surface area contributed by atoms with E-state index in [1.54, 1.807) is 0 Å². The number of hydrogen-bond donors (Lipinski definition) is 0. The molecule has 4 atom stereocenters.